The lowest BCUT2D eigenvalue weighted by Crippen LogP contribution is -2.42. The van der Waals surface area contributed by atoms with Gasteiger partial charge >= 0.3 is 0 Å². The fraction of sp³-hybridized carbons (Fsp3) is 0.409. The van der Waals surface area contributed by atoms with Crippen molar-refractivity contribution in [3.63, 3.8) is 0 Å². The van der Waals surface area contributed by atoms with E-state index in [1.54, 1.807) is 23.7 Å². The predicted octanol–water partition coefficient (Wildman–Crippen LogP) is 3.65. The van der Waals surface area contributed by atoms with Gasteiger partial charge < -0.3 is 30.6 Å². The molecule has 10 heteroatoms. The van der Waals surface area contributed by atoms with Crippen LogP contribution < -0.4 is 30.6 Å². The van der Waals surface area contributed by atoms with Crippen molar-refractivity contribution in [2.75, 3.05) is 32.0 Å². The minimum absolute atomic E-state index is 0.0772. The molecule has 1 fully saturated rings. The zero-order valence-electron chi connectivity index (χ0n) is 18.3. The first-order valence-electron chi connectivity index (χ1n) is 10.4. The smallest absolute Gasteiger partial charge is 0.258 e. The maximum absolute atomic E-state index is 13.1. The van der Waals surface area contributed by atoms with Crippen LogP contribution in [-0.2, 0) is 0 Å². The van der Waals surface area contributed by atoms with Gasteiger partial charge in [0.25, 0.3) is 5.91 Å². The van der Waals surface area contributed by atoms with Crippen LogP contribution in [0.1, 0.15) is 36.0 Å². The Balaban J connectivity index is 1.59. The summed E-state index contributed by atoms with van der Waals surface area (Å²) in [7, 11) is 4.58. The van der Waals surface area contributed by atoms with Gasteiger partial charge in [-0.1, -0.05) is 12.8 Å². The quantitative estimate of drug-likeness (QED) is 0.492. The Labute approximate surface area is 190 Å². The highest BCUT2D eigenvalue weighted by Gasteiger charge is 2.23. The van der Waals surface area contributed by atoms with Crippen molar-refractivity contribution in [3.05, 3.63) is 29.3 Å². The van der Waals surface area contributed by atoms with Crippen molar-refractivity contribution in [1.29, 1.82) is 0 Å². The molecule has 0 bridgehead atoms. The van der Waals surface area contributed by atoms with E-state index in [1.807, 2.05) is 0 Å². The Bertz CT molecular complexity index is 1090. The van der Waals surface area contributed by atoms with Crippen LogP contribution in [0.5, 0.6) is 17.2 Å². The van der Waals surface area contributed by atoms with Crippen molar-refractivity contribution in [2.24, 2.45) is 5.73 Å². The zero-order valence-corrected chi connectivity index (χ0v) is 19.1. The molecule has 3 aromatic rings. The number of aromatic nitrogens is 2. The molecule has 0 aliphatic heterocycles. The Hall–Kier alpha value is -3.11. The molecular weight excluding hydrogens is 430 g/mol. The number of nitrogens with one attached hydrogen (secondary N) is 2. The van der Waals surface area contributed by atoms with E-state index in [-0.39, 0.29) is 18.0 Å². The van der Waals surface area contributed by atoms with Gasteiger partial charge in [-0.05, 0) is 12.8 Å². The summed E-state index contributed by atoms with van der Waals surface area (Å²) in [6.45, 7) is 0. The Kier molecular flexibility index (Phi) is 6.61. The number of fused-ring (bicyclic) bond motifs is 1. The van der Waals surface area contributed by atoms with E-state index in [2.05, 4.69) is 20.6 Å². The molecule has 4 rings (SSSR count). The third kappa shape index (κ3) is 4.42. The largest absolute Gasteiger partial charge is 0.493 e. The number of methoxy groups -OCH3 is 3. The molecule has 1 saturated carbocycles. The molecule has 0 unspecified atom stereocenters. The Morgan fingerprint density at radius 1 is 1.12 bits per heavy atom. The number of carbonyl (C=O) groups excluding carboxylic acids is 1. The number of amides is 1. The monoisotopic (exact) mass is 457 g/mol. The van der Waals surface area contributed by atoms with Crippen LogP contribution >= 0.6 is 11.3 Å². The number of hydrogen-bond acceptors (Lipinski definition) is 9. The van der Waals surface area contributed by atoms with Crippen molar-refractivity contribution < 1.29 is 19.0 Å². The molecule has 32 heavy (non-hydrogen) atoms. The molecule has 9 nitrogen and oxygen atoms in total. The average Bonchev–Trinajstić information content (AvgIpc) is 3.23. The van der Waals surface area contributed by atoms with Gasteiger partial charge in [-0.2, -0.15) is 0 Å². The van der Waals surface area contributed by atoms with Gasteiger partial charge in [0, 0.05) is 35.3 Å². The number of anilines is 2. The first kappa shape index (κ1) is 22.1. The van der Waals surface area contributed by atoms with Gasteiger partial charge in [-0.25, -0.2) is 9.97 Å². The van der Waals surface area contributed by atoms with Gasteiger partial charge in [0.1, 0.15) is 0 Å². The molecule has 1 aliphatic carbocycles. The summed E-state index contributed by atoms with van der Waals surface area (Å²) in [6, 6.07) is 3.57. The second-order valence-corrected chi connectivity index (χ2v) is 8.53. The fourth-order valence-corrected chi connectivity index (χ4v) is 4.76. The molecule has 170 valence electrons. The Morgan fingerprint density at radius 2 is 1.84 bits per heavy atom. The van der Waals surface area contributed by atoms with Crippen molar-refractivity contribution in [2.45, 2.75) is 37.8 Å². The van der Waals surface area contributed by atoms with Crippen LogP contribution in [0.4, 0.5) is 11.6 Å². The maximum atomic E-state index is 13.1. The summed E-state index contributed by atoms with van der Waals surface area (Å²) >= 11 is 1.42. The number of nitrogens with zero attached hydrogens (tertiary/aromatic N) is 2. The van der Waals surface area contributed by atoms with Crippen molar-refractivity contribution >= 4 is 39.1 Å². The second-order valence-electron chi connectivity index (χ2n) is 7.62. The van der Waals surface area contributed by atoms with E-state index < -0.39 is 0 Å². The lowest BCUT2D eigenvalue weighted by atomic mass is 9.91. The number of rotatable bonds is 7. The molecule has 1 aromatic carbocycles. The summed E-state index contributed by atoms with van der Waals surface area (Å²) in [4.78, 5) is 22.1. The van der Waals surface area contributed by atoms with Gasteiger partial charge in [0.2, 0.25) is 11.7 Å². The van der Waals surface area contributed by atoms with Crippen LogP contribution in [0, 0.1) is 0 Å². The summed E-state index contributed by atoms with van der Waals surface area (Å²) in [5, 5.41) is 8.03. The van der Waals surface area contributed by atoms with Crippen LogP contribution in [0.2, 0.25) is 0 Å². The molecule has 0 radical (unpaired) electrons. The van der Waals surface area contributed by atoms with Gasteiger partial charge in [-0.15, -0.1) is 11.3 Å². The first-order chi connectivity index (χ1) is 15.5. The van der Waals surface area contributed by atoms with Gasteiger partial charge in [0.05, 0.1) is 43.3 Å². The molecule has 1 aliphatic rings. The maximum Gasteiger partial charge on any atom is 0.258 e. The molecule has 1 amide bonds. The van der Waals surface area contributed by atoms with Crippen LogP contribution in [-0.4, -0.2) is 49.3 Å². The molecule has 0 spiro atoms. The molecular formula is C22H27N5O4S. The lowest BCUT2D eigenvalue weighted by molar-refractivity contribution is 0.102. The number of benzene rings is 1. The second kappa shape index (κ2) is 9.58. The average molecular weight is 458 g/mol. The molecule has 2 aromatic heterocycles. The predicted molar refractivity (Wildman–Crippen MR) is 125 cm³/mol. The van der Waals surface area contributed by atoms with Crippen molar-refractivity contribution in [1.82, 2.24) is 9.97 Å². The highest BCUT2D eigenvalue weighted by atomic mass is 32.1. The van der Waals surface area contributed by atoms with Crippen LogP contribution in [0.3, 0.4) is 0 Å². The van der Waals surface area contributed by atoms with Crippen LogP contribution in [0.25, 0.3) is 10.2 Å². The molecule has 2 atom stereocenters. The lowest BCUT2D eigenvalue weighted by Gasteiger charge is -2.29. The number of ether oxygens (including phenoxy) is 3. The third-order valence-electron chi connectivity index (χ3n) is 5.62. The number of hydrogen-bond donors (Lipinski definition) is 3. The summed E-state index contributed by atoms with van der Waals surface area (Å²) in [5.41, 5.74) is 7.83. The minimum atomic E-state index is -0.287. The normalized spacial score (nSPS) is 18.2. The summed E-state index contributed by atoms with van der Waals surface area (Å²) in [5.74, 6) is 1.56. The van der Waals surface area contributed by atoms with Gasteiger partial charge in [0.15, 0.2) is 11.5 Å². The topological polar surface area (TPSA) is 121 Å². The summed E-state index contributed by atoms with van der Waals surface area (Å²) < 4.78 is 16.9. The fourth-order valence-electron chi connectivity index (χ4n) is 3.92. The molecule has 2 heterocycles. The summed E-state index contributed by atoms with van der Waals surface area (Å²) in [6.07, 6.45) is 5.99. The SMILES string of the molecule is COc1cc(NC(=O)c2csc3cnc(N[C@H]4CCCC[C@H]4N)nc23)cc(OC)c1OC. The standard InChI is InChI=1S/C22H27N5O4S/c1-29-16-8-12(9-17(30-2)20(16)31-3)25-21(28)13-11-32-18-10-24-22(27-19(13)18)26-15-7-5-4-6-14(15)23/h8-11,14-15H,4-7,23H2,1-3H3,(H,25,28)(H,24,26,27)/t14-,15+/m1/s1. The molecule has 0 saturated heterocycles. The van der Waals surface area contributed by atoms with Crippen LogP contribution in [0.15, 0.2) is 23.7 Å². The highest BCUT2D eigenvalue weighted by molar-refractivity contribution is 7.17. The Morgan fingerprint density at radius 3 is 2.50 bits per heavy atom. The van der Waals surface area contributed by atoms with E-state index in [0.29, 0.717) is 40.0 Å². The van der Waals surface area contributed by atoms with E-state index in [4.69, 9.17) is 19.9 Å². The van der Waals surface area contributed by atoms with Gasteiger partial charge in [-0.3, -0.25) is 4.79 Å². The number of carbonyl (C=O) groups is 1. The number of nitrogens with two attached hydrogens (primary N) is 1. The van der Waals surface area contributed by atoms with E-state index in [0.717, 1.165) is 30.4 Å². The first-order valence-corrected chi connectivity index (χ1v) is 11.3. The number of thiophene rings is 1. The highest BCUT2D eigenvalue weighted by Crippen LogP contribution is 2.40. The van der Waals surface area contributed by atoms with E-state index in [9.17, 15) is 4.79 Å². The van der Waals surface area contributed by atoms with E-state index in [1.165, 1.54) is 32.7 Å². The third-order valence-corrected chi connectivity index (χ3v) is 6.52. The van der Waals surface area contributed by atoms with Crippen molar-refractivity contribution in [3.8, 4) is 17.2 Å². The zero-order chi connectivity index (χ0) is 22.7. The van der Waals surface area contributed by atoms with E-state index >= 15 is 0 Å². The molecule has 4 N–H and O–H groups in total. The minimum Gasteiger partial charge on any atom is -0.493 e.